The van der Waals surface area contributed by atoms with E-state index in [9.17, 15) is 0 Å². The largest absolute Gasteiger partial charge is 0.197 e. The Morgan fingerprint density at radius 3 is 0.0370 bits per heavy atom. The first-order valence-electron chi connectivity index (χ1n) is 0. The van der Waals surface area contributed by atoms with Crippen LogP contribution in [-0.2, 0) is 0 Å². The summed E-state index contributed by atoms with van der Waals surface area (Å²) in [5.74, 6) is 0. The van der Waals surface area contributed by atoms with Gasteiger partial charge in [0.25, 0.3) is 0 Å². The molecule has 0 heterocycles. The summed E-state index contributed by atoms with van der Waals surface area (Å²) in [7, 11) is 0. The molecule has 1 heteroatoms. The Morgan fingerprint density at radius 1 is 0.0370 bits per heavy atom. The zero-order valence-electron chi connectivity index (χ0n) is 0.500. The highest BCUT2D eigenvalue weighted by molar-refractivity contribution is 7.59. The minimum absolute atomic E-state index is 0. The van der Waals surface area contributed by atoms with E-state index in [2.05, 4.69) is 0 Å². The van der Waals surface area contributed by atoms with E-state index in [1.165, 1.54) is 0 Å². The van der Waals surface area contributed by atoms with Crippen LogP contribution in [0.15, 0.2) is 0 Å². The summed E-state index contributed by atoms with van der Waals surface area (Å²) in [5.41, 5.74) is 0. The molecule has 0 atom stereocenters. The topological polar surface area (TPSA) is 0 Å². The van der Waals surface area contributed by atoms with Gasteiger partial charge in [-0.25, -0.2) is 0 Å². The second kappa shape index (κ2) is 1190000. The van der Waals surface area contributed by atoms with Gasteiger partial charge in [0.2, 0.25) is 0 Å². The fourth-order valence-corrected chi connectivity index (χ4v) is 0. The van der Waals surface area contributed by atoms with E-state index in [0.29, 0.717) is 0 Å². The van der Waals surface area contributed by atoms with Crippen LogP contribution in [0.2, 0.25) is 0 Å². The Balaban J connectivity index is 0. The quantitative estimate of drug-likeness (QED) is 0.227. The van der Waals surface area contributed by atoms with Crippen LogP contribution >= 0.6 is 13.5 Å². The lowest BCUT2D eigenvalue weighted by molar-refractivity contribution is 2.50. The SMILES string of the molecule is C.C.C.C.C.C.C.C.C.C.C.C.C.C.C.C.C.C.C.C.C.C.C.C.C.C.C.C.C.C.C.C.C.C.C.C.C.C.C.C.C.C.C.C.C.C.C.C.C.C.C.C.C.S. The van der Waals surface area contributed by atoms with Crippen molar-refractivity contribution in [1.29, 1.82) is 0 Å². The molecule has 0 aromatic rings. The molecule has 0 rings (SSSR count). The van der Waals surface area contributed by atoms with Crippen LogP contribution in [0.4, 0.5) is 0 Å². The average Bonchev–Trinajstić information content (AvgIpc) is 0. The summed E-state index contributed by atoms with van der Waals surface area (Å²) in [6.45, 7) is 0. The predicted octanol–water partition coefficient (Wildman–Crippen LogP) is 33.8. The van der Waals surface area contributed by atoms with E-state index in [4.69, 9.17) is 0 Å². The predicted molar refractivity (Wildman–Crippen MR) is 367 cm³/mol. The minimum atomic E-state index is 0. The fourth-order valence-electron chi connectivity index (χ4n) is 0. The highest BCUT2D eigenvalue weighted by Crippen LogP contribution is 0.648. The Hall–Kier alpha value is 0.350. The third kappa shape index (κ3) is 1130000. The molecule has 0 aliphatic heterocycles. The third-order valence-electron chi connectivity index (χ3n) is 0. The standard InChI is InChI=1S/53CH4.H2S/h53*1H4;1H2. The van der Waals surface area contributed by atoms with Crippen LogP contribution in [0.3, 0.4) is 0 Å². The van der Waals surface area contributed by atoms with Gasteiger partial charge in [0.1, 0.15) is 0 Å². The molecule has 0 radical (unpaired) electrons. The highest BCUT2D eigenvalue weighted by Gasteiger charge is -0.0252. The lowest BCUT2D eigenvalue weighted by Crippen LogP contribution is 0.143. The minimum Gasteiger partial charge on any atom is -0.197 e. The summed E-state index contributed by atoms with van der Waals surface area (Å²) in [5, 5.41) is 0. The van der Waals surface area contributed by atoms with Gasteiger partial charge >= 0.3 is 0 Å². The fraction of sp³-hybridized carbons (Fsp3) is 1.00. The molecule has 0 aliphatic rings. The van der Waals surface area contributed by atoms with E-state index in [1.807, 2.05) is 0 Å². The zero-order valence-corrected chi connectivity index (χ0v) is 1.50. The molecule has 0 N–H and O–H groups in total. The first-order valence-corrected chi connectivity index (χ1v) is 0. The maximum absolute atomic E-state index is 0. The van der Waals surface area contributed by atoms with Gasteiger partial charge in [-0.1, -0.05) is 394 Å². The molecule has 0 saturated heterocycles. The van der Waals surface area contributed by atoms with E-state index >= 15 is 0 Å². The molecule has 0 spiro atoms. The number of hydrogen-bond acceptors (Lipinski definition) is 0. The average molecular weight is 884 g/mol. The monoisotopic (exact) mass is 884 g/mol. The molecule has 0 bridgehead atoms. The maximum Gasteiger partial charge on any atom is -0.0776 e. The van der Waals surface area contributed by atoms with Gasteiger partial charge in [0.05, 0.1) is 0 Å². The Morgan fingerprint density at radius 2 is 0.0370 bits per heavy atom. The van der Waals surface area contributed by atoms with E-state index in [0.717, 1.165) is 0 Å². The van der Waals surface area contributed by atoms with Crippen LogP contribution in [0, 0.1) is 0 Å². The van der Waals surface area contributed by atoms with Crippen molar-refractivity contribution in [2.24, 2.45) is 0 Å². The number of rotatable bonds is 0. The van der Waals surface area contributed by atoms with Crippen molar-refractivity contribution in [3.05, 3.63) is 0 Å². The van der Waals surface area contributed by atoms with Crippen LogP contribution in [0.1, 0.15) is 394 Å². The molecule has 0 fully saturated rings. The van der Waals surface area contributed by atoms with Gasteiger partial charge in [0.15, 0.2) is 0 Å². The molecular weight excluding hydrogens is 669 g/mol. The van der Waals surface area contributed by atoms with Gasteiger partial charge in [-0.2, -0.15) is 13.5 Å². The van der Waals surface area contributed by atoms with Crippen molar-refractivity contribution in [3.8, 4) is 0 Å². The Kier molecular flexibility index (Phi) is 27900000000. The zero-order chi connectivity index (χ0) is 0. The molecule has 0 saturated carbocycles. The van der Waals surface area contributed by atoms with E-state index in [-0.39, 0.29) is 407 Å². The van der Waals surface area contributed by atoms with Gasteiger partial charge in [-0.05, 0) is 0 Å². The summed E-state index contributed by atoms with van der Waals surface area (Å²) >= 11 is 0. The smallest absolute Gasteiger partial charge is 0.0776 e. The van der Waals surface area contributed by atoms with Crippen molar-refractivity contribution in [2.45, 2.75) is 394 Å². The normalized spacial score (nSPS) is 0. The van der Waals surface area contributed by atoms with E-state index in [1.54, 1.807) is 0 Å². The maximum atomic E-state index is 0. The molecular formula is C53H214S. The highest BCUT2D eigenvalue weighted by atomic mass is 32.1. The molecule has 0 amide bonds. The molecule has 54 heavy (non-hydrogen) atoms. The van der Waals surface area contributed by atoms with Gasteiger partial charge in [0, 0.05) is 0 Å². The molecule has 0 aliphatic carbocycles. The van der Waals surface area contributed by atoms with Crippen LogP contribution in [-0.4, -0.2) is 0 Å². The lowest BCUT2D eigenvalue weighted by atomic mass is 12.0. The first-order chi connectivity index (χ1) is 0. The van der Waals surface area contributed by atoms with Crippen LogP contribution in [0.5, 0.6) is 0 Å². The van der Waals surface area contributed by atoms with Crippen LogP contribution in [0.25, 0.3) is 0 Å². The van der Waals surface area contributed by atoms with Crippen molar-refractivity contribution in [3.63, 3.8) is 0 Å². The number of hydrogen-bond donors (Lipinski definition) is 0. The van der Waals surface area contributed by atoms with Crippen LogP contribution < -0.4 is 0 Å². The Labute approximate surface area is 405 Å². The molecule has 432 valence electrons. The lowest BCUT2D eigenvalue weighted by Gasteiger charge is -0.197. The second-order valence-electron chi connectivity index (χ2n) is 0. The van der Waals surface area contributed by atoms with Crippen molar-refractivity contribution >= 4 is 13.5 Å². The molecule has 0 aromatic carbocycles. The van der Waals surface area contributed by atoms with Crippen molar-refractivity contribution in [1.82, 2.24) is 0 Å². The summed E-state index contributed by atoms with van der Waals surface area (Å²) < 4.78 is 0. The third-order valence-corrected chi connectivity index (χ3v) is 0. The Bertz CT molecular complexity index is 7.18. The van der Waals surface area contributed by atoms with Gasteiger partial charge in [-0.15, -0.1) is 0 Å². The van der Waals surface area contributed by atoms with Gasteiger partial charge < -0.3 is 0 Å². The molecule has 0 nitrogen and oxygen atoms in total. The molecule has 0 unspecified atom stereocenters. The summed E-state index contributed by atoms with van der Waals surface area (Å²) in [6, 6.07) is 0. The van der Waals surface area contributed by atoms with Crippen molar-refractivity contribution < 1.29 is 0 Å². The summed E-state index contributed by atoms with van der Waals surface area (Å²) in [6.07, 6.45) is 0. The van der Waals surface area contributed by atoms with Gasteiger partial charge in [-0.3, -0.25) is 0 Å². The van der Waals surface area contributed by atoms with Crippen molar-refractivity contribution in [2.75, 3.05) is 0 Å². The van der Waals surface area contributed by atoms with E-state index < -0.39 is 0 Å². The first kappa shape index (κ1) is 1260000. The molecule has 0 aromatic heterocycles. The summed E-state index contributed by atoms with van der Waals surface area (Å²) in [4.78, 5) is 0. The second-order valence-corrected chi connectivity index (χ2v) is 0.